The lowest BCUT2D eigenvalue weighted by Crippen LogP contribution is -2.34. The van der Waals surface area contributed by atoms with E-state index in [2.05, 4.69) is 5.32 Å². The smallest absolute Gasteiger partial charge is 0.339 e. The summed E-state index contributed by atoms with van der Waals surface area (Å²) >= 11 is 0. The highest BCUT2D eigenvalue weighted by Gasteiger charge is 2.17. The van der Waals surface area contributed by atoms with Crippen LogP contribution in [-0.4, -0.2) is 24.2 Å². The third kappa shape index (κ3) is 2.77. The van der Waals surface area contributed by atoms with Crippen LogP contribution in [0.2, 0.25) is 0 Å². The van der Waals surface area contributed by atoms with Gasteiger partial charge in [-0.2, -0.15) is 0 Å². The Morgan fingerprint density at radius 2 is 2.29 bits per heavy atom. The highest BCUT2D eigenvalue weighted by Crippen LogP contribution is 2.22. The molecular weight excluding hydrogens is 218 g/mol. The highest BCUT2D eigenvalue weighted by atomic mass is 16.5. The maximum Gasteiger partial charge on any atom is 0.339 e. The summed E-state index contributed by atoms with van der Waals surface area (Å²) in [6.45, 7) is 0.765. The molecule has 0 heterocycles. The first-order valence-electron chi connectivity index (χ1n) is 5.84. The molecule has 17 heavy (non-hydrogen) atoms. The number of rotatable bonds is 5. The molecule has 1 aliphatic rings. The molecule has 1 aromatic carbocycles. The van der Waals surface area contributed by atoms with Gasteiger partial charge in [0.25, 0.3) is 0 Å². The van der Waals surface area contributed by atoms with Crippen LogP contribution < -0.4 is 10.1 Å². The normalized spacial score (nSPS) is 15.4. The average molecular weight is 235 g/mol. The van der Waals surface area contributed by atoms with Crippen LogP contribution in [0.3, 0.4) is 0 Å². The van der Waals surface area contributed by atoms with E-state index in [9.17, 15) is 4.79 Å². The second-order valence-corrected chi connectivity index (χ2v) is 4.35. The van der Waals surface area contributed by atoms with Gasteiger partial charge < -0.3 is 15.2 Å². The maximum absolute atomic E-state index is 10.9. The van der Waals surface area contributed by atoms with E-state index >= 15 is 0 Å². The van der Waals surface area contributed by atoms with Gasteiger partial charge in [-0.1, -0.05) is 12.5 Å². The number of aromatic carboxylic acids is 1. The van der Waals surface area contributed by atoms with Gasteiger partial charge in [0.05, 0.1) is 7.11 Å². The standard InChI is InChI=1S/C13H17NO3/c1-17-12-7-9(5-6-11(12)13(15)16)8-14-10-3-2-4-10/h5-7,10,14H,2-4,8H2,1H3,(H,15,16). The first-order chi connectivity index (χ1) is 8.20. The van der Waals surface area contributed by atoms with Crippen LogP contribution in [-0.2, 0) is 6.54 Å². The minimum absolute atomic E-state index is 0.208. The van der Waals surface area contributed by atoms with E-state index in [-0.39, 0.29) is 5.56 Å². The number of benzene rings is 1. The number of carboxylic acid groups (broad SMARTS) is 1. The molecule has 1 aliphatic carbocycles. The summed E-state index contributed by atoms with van der Waals surface area (Å²) in [5.41, 5.74) is 1.26. The Bertz CT molecular complexity index is 413. The van der Waals surface area contributed by atoms with E-state index in [1.54, 1.807) is 12.1 Å². The SMILES string of the molecule is COc1cc(CNC2CCC2)ccc1C(=O)O. The molecule has 2 rings (SSSR count). The Morgan fingerprint density at radius 1 is 1.53 bits per heavy atom. The van der Waals surface area contributed by atoms with Gasteiger partial charge >= 0.3 is 5.97 Å². The Hall–Kier alpha value is -1.55. The van der Waals surface area contributed by atoms with Crippen molar-refractivity contribution in [1.29, 1.82) is 0 Å². The summed E-state index contributed by atoms with van der Waals surface area (Å²) in [4.78, 5) is 10.9. The molecule has 0 aliphatic heterocycles. The molecule has 0 saturated heterocycles. The largest absolute Gasteiger partial charge is 0.496 e. The Kier molecular flexibility index (Phi) is 3.64. The van der Waals surface area contributed by atoms with E-state index in [0.717, 1.165) is 12.1 Å². The minimum atomic E-state index is -0.958. The number of hydrogen-bond donors (Lipinski definition) is 2. The van der Waals surface area contributed by atoms with Crippen LogP contribution in [0.4, 0.5) is 0 Å². The first kappa shape index (κ1) is 11.9. The van der Waals surface area contributed by atoms with Crippen LogP contribution in [0, 0.1) is 0 Å². The van der Waals surface area contributed by atoms with E-state index in [4.69, 9.17) is 9.84 Å². The van der Waals surface area contributed by atoms with Gasteiger partial charge in [0.2, 0.25) is 0 Å². The van der Waals surface area contributed by atoms with Crippen LogP contribution in [0.15, 0.2) is 18.2 Å². The molecule has 92 valence electrons. The molecule has 0 amide bonds. The van der Waals surface area contributed by atoms with Crippen LogP contribution in [0.5, 0.6) is 5.75 Å². The zero-order chi connectivity index (χ0) is 12.3. The lowest BCUT2D eigenvalue weighted by atomic mass is 9.93. The summed E-state index contributed by atoms with van der Waals surface area (Å²) in [5.74, 6) is -0.536. The topological polar surface area (TPSA) is 58.6 Å². The van der Waals surface area contributed by atoms with E-state index in [0.29, 0.717) is 11.8 Å². The lowest BCUT2D eigenvalue weighted by Gasteiger charge is -2.26. The van der Waals surface area contributed by atoms with Crippen molar-refractivity contribution < 1.29 is 14.6 Å². The number of nitrogens with one attached hydrogen (secondary N) is 1. The molecule has 0 aromatic heterocycles. The molecule has 2 N–H and O–H groups in total. The number of ether oxygens (including phenoxy) is 1. The van der Waals surface area contributed by atoms with Crippen molar-refractivity contribution in [3.8, 4) is 5.75 Å². The molecule has 0 radical (unpaired) electrons. The van der Waals surface area contributed by atoms with Crippen molar-refractivity contribution in [2.24, 2.45) is 0 Å². The zero-order valence-electron chi connectivity index (χ0n) is 9.90. The summed E-state index contributed by atoms with van der Waals surface area (Å²) in [7, 11) is 1.49. The Morgan fingerprint density at radius 3 is 2.82 bits per heavy atom. The second-order valence-electron chi connectivity index (χ2n) is 4.35. The highest BCUT2D eigenvalue weighted by molar-refractivity contribution is 5.90. The maximum atomic E-state index is 10.9. The van der Waals surface area contributed by atoms with Crippen molar-refractivity contribution in [3.05, 3.63) is 29.3 Å². The Balaban J connectivity index is 2.04. The molecule has 4 nitrogen and oxygen atoms in total. The van der Waals surface area contributed by atoms with Crippen LogP contribution in [0.1, 0.15) is 35.2 Å². The predicted octanol–water partition coefficient (Wildman–Crippen LogP) is 2.04. The van der Waals surface area contributed by atoms with Gasteiger partial charge in [-0.25, -0.2) is 4.79 Å². The van der Waals surface area contributed by atoms with E-state index in [1.165, 1.54) is 26.4 Å². The average Bonchev–Trinajstić information content (AvgIpc) is 2.26. The molecule has 1 fully saturated rings. The molecule has 0 unspecified atom stereocenters. The van der Waals surface area contributed by atoms with Gasteiger partial charge in [-0.3, -0.25) is 0 Å². The number of carboxylic acids is 1. The van der Waals surface area contributed by atoms with Gasteiger partial charge in [0.15, 0.2) is 0 Å². The van der Waals surface area contributed by atoms with Crippen LogP contribution >= 0.6 is 0 Å². The number of hydrogen-bond acceptors (Lipinski definition) is 3. The Labute approximate surface area is 101 Å². The van der Waals surface area contributed by atoms with Gasteiger partial charge in [0, 0.05) is 12.6 Å². The van der Waals surface area contributed by atoms with E-state index in [1.807, 2.05) is 6.07 Å². The monoisotopic (exact) mass is 235 g/mol. The number of carbonyl (C=O) groups is 1. The van der Waals surface area contributed by atoms with Gasteiger partial charge in [-0.05, 0) is 30.5 Å². The van der Waals surface area contributed by atoms with Crippen molar-refractivity contribution in [2.75, 3.05) is 7.11 Å². The second kappa shape index (κ2) is 5.19. The summed E-state index contributed by atoms with van der Waals surface area (Å²) in [5, 5.41) is 12.4. The van der Waals surface area contributed by atoms with Gasteiger partial charge in [0.1, 0.15) is 11.3 Å². The van der Waals surface area contributed by atoms with Crippen LogP contribution in [0.25, 0.3) is 0 Å². The first-order valence-corrected chi connectivity index (χ1v) is 5.84. The summed E-state index contributed by atoms with van der Waals surface area (Å²) in [6.07, 6.45) is 3.79. The fourth-order valence-electron chi connectivity index (χ4n) is 1.90. The fraction of sp³-hybridized carbons (Fsp3) is 0.462. The molecule has 0 atom stereocenters. The lowest BCUT2D eigenvalue weighted by molar-refractivity contribution is 0.0693. The molecule has 0 bridgehead atoms. The fourth-order valence-corrected chi connectivity index (χ4v) is 1.90. The quantitative estimate of drug-likeness (QED) is 0.820. The molecule has 1 aromatic rings. The van der Waals surface area contributed by atoms with E-state index < -0.39 is 5.97 Å². The summed E-state index contributed by atoms with van der Waals surface area (Å²) in [6, 6.07) is 5.84. The molecular formula is C13H17NO3. The molecule has 4 heteroatoms. The van der Waals surface area contributed by atoms with Crippen molar-refractivity contribution >= 4 is 5.97 Å². The predicted molar refractivity (Wildman–Crippen MR) is 64.4 cm³/mol. The minimum Gasteiger partial charge on any atom is -0.496 e. The number of methoxy groups -OCH3 is 1. The summed E-state index contributed by atoms with van der Waals surface area (Å²) < 4.78 is 5.09. The van der Waals surface area contributed by atoms with Crippen molar-refractivity contribution in [1.82, 2.24) is 5.32 Å². The third-order valence-corrected chi connectivity index (χ3v) is 3.20. The molecule has 1 saturated carbocycles. The van der Waals surface area contributed by atoms with Crippen molar-refractivity contribution in [2.45, 2.75) is 31.8 Å². The molecule has 0 spiro atoms. The van der Waals surface area contributed by atoms with Gasteiger partial charge in [-0.15, -0.1) is 0 Å². The van der Waals surface area contributed by atoms with Crippen molar-refractivity contribution in [3.63, 3.8) is 0 Å². The third-order valence-electron chi connectivity index (χ3n) is 3.20. The zero-order valence-corrected chi connectivity index (χ0v) is 9.90.